The first kappa shape index (κ1) is 14.2. The smallest absolute Gasteiger partial charge is 0.122 e. The van der Waals surface area contributed by atoms with E-state index in [9.17, 15) is 5.26 Å². The highest BCUT2D eigenvalue weighted by atomic mass is 16.5. The van der Waals surface area contributed by atoms with E-state index in [0.29, 0.717) is 5.92 Å². The van der Waals surface area contributed by atoms with Crippen LogP contribution in [0, 0.1) is 11.3 Å². The van der Waals surface area contributed by atoms with Crippen molar-refractivity contribution in [3.05, 3.63) is 23.3 Å². The molecule has 2 fully saturated rings. The number of piperazine rings is 1. The van der Waals surface area contributed by atoms with Gasteiger partial charge in [0.05, 0.1) is 17.4 Å². The van der Waals surface area contributed by atoms with Crippen LogP contribution in [0.2, 0.25) is 0 Å². The molecule has 21 heavy (non-hydrogen) atoms. The van der Waals surface area contributed by atoms with Crippen LogP contribution in [0.4, 0.5) is 5.69 Å². The van der Waals surface area contributed by atoms with Gasteiger partial charge >= 0.3 is 0 Å². The minimum Gasteiger partial charge on any atom is -0.491 e. The average Bonchev–Trinajstić information content (AvgIpc) is 3.31. The molecule has 2 aliphatic rings. The van der Waals surface area contributed by atoms with Gasteiger partial charge in [-0.25, -0.2) is 0 Å². The zero-order valence-electron chi connectivity index (χ0n) is 12.9. The molecule has 1 aliphatic heterocycles. The molecule has 0 aromatic heterocycles. The maximum atomic E-state index is 9.65. The summed E-state index contributed by atoms with van der Waals surface area (Å²) >= 11 is 0. The summed E-state index contributed by atoms with van der Waals surface area (Å²) in [6, 6.07) is 6.58. The van der Waals surface area contributed by atoms with Crippen molar-refractivity contribution in [1.82, 2.24) is 5.32 Å². The highest BCUT2D eigenvalue weighted by Crippen LogP contribution is 2.45. The second-order valence-electron chi connectivity index (χ2n) is 6.20. The Bertz CT molecular complexity index is 552. The number of hydrogen-bond donors (Lipinski definition) is 1. The van der Waals surface area contributed by atoms with Gasteiger partial charge in [-0.05, 0) is 44.2 Å². The Morgan fingerprint density at radius 2 is 2.00 bits per heavy atom. The van der Waals surface area contributed by atoms with Crippen molar-refractivity contribution in [2.24, 2.45) is 0 Å². The van der Waals surface area contributed by atoms with Crippen molar-refractivity contribution in [3.63, 3.8) is 0 Å². The van der Waals surface area contributed by atoms with Crippen LogP contribution in [0.1, 0.15) is 43.7 Å². The van der Waals surface area contributed by atoms with Crippen LogP contribution in [0.3, 0.4) is 0 Å². The topological polar surface area (TPSA) is 48.3 Å². The average molecular weight is 285 g/mol. The molecule has 4 nitrogen and oxygen atoms in total. The van der Waals surface area contributed by atoms with Crippen LogP contribution in [0.5, 0.6) is 5.75 Å². The largest absolute Gasteiger partial charge is 0.491 e. The number of nitriles is 1. The zero-order chi connectivity index (χ0) is 14.8. The van der Waals surface area contributed by atoms with Gasteiger partial charge in [-0.2, -0.15) is 5.26 Å². The van der Waals surface area contributed by atoms with E-state index in [2.05, 4.69) is 28.4 Å². The number of ether oxygens (including phenoxy) is 1. The van der Waals surface area contributed by atoms with Gasteiger partial charge in [-0.3, -0.25) is 0 Å². The van der Waals surface area contributed by atoms with Crippen LogP contribution in [-0.2, 0) is 0 Å². The van der Waals surface area contributed by atoms with Gasteiger partial charge in [0.25, 0.3) is 0 Å². The van der Waals surface area contributed by atoms with Crippen molar-refractivity contribution in [1.29, 1.82) is 5.26 Å². The van der Waals surface area contributed by atoms with Crippen LogP contribution < -0.4 is 15.0 Å². The third-order valence-corrected chi connectivity index (χ3v) is 4.08. The second kappa shape index (κ2) is 5.95. The first-order chi connectivity index (χ1) is 10.2. The third-order valence-electron chi connectivity index (χ3n) is 4.08. The molecule has 1 saturated heterocycles. The highest BCUT2D eigenvalue weighted by Gasteiger charge is 2.29. The molecule has 4 heteroatoms. The maximum absolute atomic E-state index is 9.65. The molecule has 1 aromatic rings. The lowest BCUT2D eigenvalue weighted by Crippen LogP contribution is -2.43. The van der Waals surface area contributed by atoms with Gasteiger partial charge in [-0.1, -0.05) is 0 Å². The summed E-state index contributed by atoms with van der Waals surface area (Å²) in [4.78, 5) is 2.31. The Morgan fingerprint density at radius 3 is 2.57 bits per heavy atom. The summed E-state index contributed by atoms with van der Waals surface area (Å²) in [7, 11) is 0. The zero-order valence-corrected chi connectivity index (χ0v) is 12.9. The first-order valence-electron chi connectivity index (χ1n) is 7.89. The van der Waals surface area contributed by atoms with E-state index in [-0.39, 0.29) is 6.10 Å². The molecule has 1 saturated carbocycles. The van der Waals surface area contributed by atoms with E-state index in [4.69, 9.17) is 4.74 Å². The van der Waals surface area contributed by atoms with Gasteiger partial charge in [0.15, 0.2) is 0 Å². The van der Waals surface area contributed by atoms with Crippen molar-refractivity contribution in [2.45, 2.75) is 38.7 Å². The Hall–Kier alpha value is -1.73. The quantitative estimate of drug-likeness (QED) is 0.924. The Kier molecular flexibility index (Phi) is 4.03. The Morgan fingerprint density at radius 1 is 1.29 bits per heavy atom. The molecule has 0 atom stereocenters. The van der Waals surface area contributed by atoms with E-state index >= 15 is 0 Å². The standard InChI is InChI=1S/C17H23N3O/c1-12(2)21-14-9-15(13-3-4-13)16(11-18)17(10-14)20-7-5-19-6-8-20/h9-10,12-13,19H,3-8H2,1-2H3. The molecule has 3 rings (SSSR count). The van der Waals surface area contributed by atoms with Gasteiger partial charge in [0, 0.05) is 32.2 Å². The molecule has 1 heterocycles. The predicted molar refractivity (Wildman–Crippen MR) is 84.0 cm³/mol. The summed E-state index contributed by atoms with van der Waals surface area (Å²) in [6.07, 6.45) is 2.54. The van der Waals surface area contributed by atoms with E-state index in [1.807, 2.05) is 13.8 Å². The molecule has 1 N–H and O–H groups in total. The lowest BCUT2D eigenvalue weighted by Gasteiger charge is -2.31. The van der Waals surface area contributed by atoms with Crippen LogP contribution in [-0.4, -0.2) is 32.3 Å². The van der Waals surface area contributed by atoms with Crippen molar-refractivity contribution >= 4 is 5.69 Å². The summed E-state index contributed by atoms with van der Waals surface area (Å²) < 4.78 is 5.91. The summed E-state index contributed by atoms with van der Waals surface area (Å²) in [5, 5.41) is 13.0. The fraction of sp³-hybridized carbons (Fsp3) is 0.588. The monoisotopic (exact) mass is 285 g/mol. The number of nitrogens with zero attached hydrogens (tertiary/aromatic N) is 2. The summed E-state index contributed by atoms with van der Waals surface area (Å²) in [5.41, 5.74) is 3.10. The Balaban J connectivity index is 2.01. The molecule has 112 valence electrons. The van der Waals surface area contributed by atoms with Crippen LogP contribution in [0.15, 0.2) is 12.1 Å². The van der Waals surface area contributed by atoms with E-state index in [1.165, 1.54) is 18.4 Å². The van der Waals surface area contributed by atoms with Crippen molar-refractivity contribution < 1.29 is 4.74 Å². The number of benzene rings is 1. The lowest BCUT2D eigenvalue weighted by molar-refractivity contribution is 0.242. The molecule has 0 spiro atoms. The van der Waals surface area contributed by atoms with Crippen LogP contribution in [0.25, 0.3) is 0 Å². The number of nitrogens with one attached hydrogen (secondary N) is 1. The second-order valence-corrected chi connectivity index (χ2v) is 6.20. The molecule has 1 aliphatic carbocycles. The molecule has 1 aromatic carbocycles. The fourth-order valence-electron chi connectivity index (χ4n) is 2.96. The van der Waals surface area contributed by atoms with Gasteiger partial charge < -0.3 is 15.0 Å². The number of anilines is 1. The van der Waals surface area contributed by atoms with Crippen molar-refractivity contribution in [3.8, 4) is 11.8 Å². The molecule has 0 radical (unpaired) electrons. The molecule has 0 amide bonds. The van der Waals surface area contributed by atoms with E-state index < -0.39 is 0 Å². The van der Waals surface area contributed by atoms with Crippen LogP contribution >= 0.6 is 0 Å². The summed E-state index contributed by atoms with van der Waals surface area (Å²) in [5.74, 6) is 1.46. The first-order valence-corrected chi connectivity index (χ1v) is 7.89. The normalized spacial score (nSPS) is 18.7. The number of hydrogen-bond acceptors (Lipinski definition) is 4. The minimum absolute atomic E-state index is 0.154. The predicted octanol–water partition coefficient (Wildman–Crippen LogP) is 2.63. The third kappa shape index (κ3) is 3.14. The highest BCUT2D eigenvalue weighted by molar-refractivity contribution is 5.67. The van der Waals surface area contributed by atoms with E-state index in [1.54, 1.807) is 0 Å². The van der Waals surface area contributed by atoms with Gasteiger partial charge in [-0.15, -0.1) is 0 Å². The summed E-state index contributed by atoms with van der Waals surface area (Å²) in [6.45, 7) is 7.92. The Labute approximate surface area is 126 Å². The maximum Gasteiger partial charge on any atom is 0.122 e. The molecule has 0 bridgehead atoms. The lowest BCUT2D eigenvalue weighted by atomic mass is 10.0. The van der Waals surface area contributed by atoms with Gasteiger partial charge in [0.1, 0.15) is 11.8 Å². The SMILES string of the molecule is CC(C)Oc1cc(C2CC2)c(C#N)c(N2CCNCC2)c1. The van der Waals surface area contributed by atoms with Gasteiger partial charge in [0.2, 0.25) is 0 Å². The number of rotatable bonds is 4. The molecule has 0 unspecified atom stereocenters. The fourth-order valence-corrected chi connectivity index (χ4v) is 2.96. The molecular formula is C17H23N3O. The molecular weight excluding hydrogens is 262 g/mol. The van der Waals surface area contributed by atoms with Crippen molar-refractivity contribution in [2.75, 3.05) is 31.1 Å². The van der Waals surface area contributed by atoms with E-state index in [0.717, 1.165) is 43.2 Å². The minimum atomic E-state index is 0.154.